The molecule has 0 saturated heterocycles. The van der Waals surface area contributed by atoms with E-state index >= 15 is 0 Å². The van der Waals surface area contributed by atoms with Crippen LogP contribution in [0.4, 0.5) is 10.1 Å². The minimum absolute atomic E-state index is 0.0829. The van der Waals surface area contributed by atoms with Crippen LogP contribution in [0.1, 0.15) is 22.3 Å². The summed E-state index contributed by atoms with van der Waals surface area (Å²) in [5.41, 5.74) is 1.24. The molecule has 2 aromatic carbocycles. The van der Waals surface area contributed by atoms with Crippen molar-refractivity contribution in [2.75, 3.05) is 12.4 Å². The predicted octanol–water partition coefficient (Wildman–Crippen LogP) is 3.04. The number of rotatable bonds is 6. The molecule has 1 amide bonds. The first kappa shape index (κ1) is 17.9. The van der Waals surface area contributed by atoms with Gasteiger partial charge in [0.1, 0.15) is 13.0 Å². The molecule has 0 aliphatic rings. The van der Waals surface area contributed by atoms with Gasteiger partial charge in [-0.25, -0.2) is 9.18 Å². The standard InChI is InChI=1S/C18H15FN2O4/c1-24-16-7-2-12(10-15(16)19)11-25-18(23)13-3-5-14(6-4-13)21-17(22)8-9-20/h2-7,10H,8,11H2,1H3,(H,21,22). The van der Waals surface area contributed by atoms with Gasteiger partial charge in [0.15, 0.2) is 11.6 Å². The van der Waals surface area contributed by atoms with E-state index < -0.39 is 17.7 Å². The Kier molecular flexibility index (Phi) is 6.07. The summed E-state index contributed by atoms with van der Waals surface area (Å²) < 4.78 is 23.5. The molecule has 0 aromatic heterocycles. The zero-order chi connectivity index (χ0) is 18.2. The van der Waals surface area contributed by atoms with Gasteiger partial charge in [0.25, 0.3) is 0 Å². The van der Waals surface area contributed by atoms with Crippen molar-refractivity contribution in [1.82, 2.24) is 0 Å². The lowest BCUT2D eigenvalue weighted by molar-refractivity contribution is -0.115. The summed E-state index contributed by atoms with van der Waals surface area (Å²) in [4.78, 5) is 23.3. The van der Waals surface area contributed by atoms with Crippen LogP contribution in [0.3, 0.4) is 0 Å². The molecule has 0 fully saturated rings. The Morgan fingerprint density at radius 2 is 1.92 bits per heavy atom. The van der Waals surface area contributed by atoms with Gasteiger partial charge >= 0.3 is 5.97 Å². The molecular weight excluding hydrogens is 327 g/mol. The van der Waals surface area contributed by atoms with E-state index in [-0.39, 0.29) is 24.3 Å². The van der Waals surface area contributed by atoms with Crippen molar-refractivity contribution >= 4 is 17.6 Å². The largest absolute Gasteiger partial charge is 0.494 e. The first-order chi connectivity index (χ1) is 12.0. The van der Waals surface area contributed by atoms with Gasteiger partial charge in [0.05, 0.1) is 18.7 Å². The predicted molar refractivity (Wildman–Crippen MR) is 87.4 cm³/mol. The zero-order valence-electron chi connectivity index (χ0n) is 13.4. The molecule has 0 radical (unpaired) electrons. The fourth-order valence-corrected chi connectivity index (χ4v) is 2.00. The van der Waals surface area contributed by atoms with Crippen LogP contribution < -0.4 is 10.1 Å². The Bertz CT molecular complexity index is 813. The van der Waals surface area contributed by atoms with Gasteiger partial charge in [-0.3, -0.25) is 4.79 Å². The Morgan fingerprint density at radius 1 is 1.20 bits per heavy atom. The number of nitriles is 1. The molecule has 0 saturated carbocycles. The number of halogens is 1. The number of nitrogens with zero attached hydrogens (tertiary/aromatic N) is 1. The van der Waals surface area contributed by atoms with Crippen LogP contribution >= 0.6 is 0 Å². The van der Waals surface area contributed by atoms with E-state index in [1.54, 1.807) is 12.1 Å². The van der Waals surface area contributed by atoms with Gasteiger partial charge < -0.3 is 14.8 Å². The van der Waals surface area contributed by atoms with Gasteiger partial charge in [-0.2, -0.15) is 5.26 Å². The van der Waals surface area contributed by atoms with Crippen LogP contribution in [0.25, 0.3) is 0 Å². The number of amides is 1. The maximum Gasteiger partial charge on any atom is 0.338 e. The lowest BCUT2D eigenvalue weighted by Crippen LogP contribution is -2.10. The van der Waals surface area contributed by atoms with Crippen LogP contribution in [0.2, 0.25) is 0 Å². The van der Waals surface area contributed by atoms with E-state index in [1.807, 2.05) is 0 Å². The molecule has 0 spiro atoms. The first-order valence-electron chi connectivity index (χ1n) is 7.30. The number of anilines is 1. The molecule has 7 heteroatoms. The summed E-state index contributed by atoms with van der Waals surface area (Å²) in [6.45, 7) is -0.0829. The highest BCUT2D eigenvalue weighted by Crippen LogP contribution is 2.18. The second kappa shape index (κ2) is 8.45. The summed E-state index contributed by atoms with van der Waals surface area (Å²) in [5.74, 6) is -1.43. The molecule has 0 atom stereocenters. The number of carbonyl (C=O) groups is 2. The SMILES string of the molecule is COc1ccc(COC(=O)c2ccc(NC(=O)CC#N)cc2)cc1F. The van der Waals surface area contributed by atoms with Crippen LogP contribution in [0.15, 0.2) is 42.5 Å². The average molecular weight is 342 g/mol. The average Bonchev–Trinajstić information content (AvgIpc) is 2.60. The fraction of sp³-hybridized carbons (Fsp3) is 0.167. The van der Waals surface area contributed by atoms with E-state index in [4.69, 9.17) is 14.7 Å². The molecular formula is C18H15FN2O4. The van der Waals surface area contributed by atoms with E-state index in [1.165, 1.54) is 43.5 Å². The van der Waals surface area contributed by atoms with E-state index in [0.29, 0.717) is 11.3 Å². The molecule has 0 aliphatic heterocycles. The zero-order valence-corrected chi connectivity index (χ0v) is 13.4. The minimum Gasteiger partial charge on any atom is -0.494 e. The third-order valence-electron chi connectivity index (χ3n) is 3.23. The Labute approximate surface area is 143 Å². The van der Waals surface area contributed by atoms with Gasteiger partial charge in [0, 0.05) is 5.69 Å². The second-order valence-electron chi connectivity index (χ2n) is 5.01. The van der Waals surface area contributed by atoms with Crippen molar-refractivity contribution in [2.24, 2.45) is 0 Å². The number of hydrogen-bond acceptors (Lipinski definition) is 5. The maximum atomic E-state index is 13.6. The van der Waals surface area contributed by atoms with Crippen LogP contribution in [0.5, 0.6) is 5.75 Å². The minimum atomic E-state index is -0.578. The van der Waals surface area contributed by atoms with Crippen LogP contribution in [-0.4, -0.2) is 19.0 Å². The van der Waals surface area contributed by atoms with E-state index in [0.717, 1.165) is 0 Å². The highest BCUT2D eigenvalue weighted by Gasteiger charge is 2.10. The Morgan fingerprint density at radius 3 is 2.52 bits per heavy atom. The van der Waals surface area contributed by atoms with Crippen LogP contribution in [0, 0.1) is 17.1 Å². The number of benzene rings is 2. The molecule has 6 nitrogen and oxygen atoms in total. The maximum absolute atomic E-state index is 13.6. The van der Waals surface area contributed by atoms with Crippen molar-refractivity contribution < 1.29 is 23.5 Å². The molecule has 128 valence electrons. The molecule has 25 heavy (non-hydrogen) atoms. The van der Waals surface area contributed by atoms with Crippen LogP contribution in [-0.2, 0) is 16.1 Å². The first-order valence-corrected chi connectivity index (χ1v) is 7.30. The second-order valence-corrected chi connectivity index (χ2v) is 5.01. The van der Waals surface area contributed by atoms with Gasteiger partial charge in [0.2, 0.25) is 5.91 Å². The third-order valence-corrected chi connectivity index (χ3v) is 3.23. The molecule has 0 heterocycles. The van der Waals surface area contributed by atoms with Gasteiger partial charge in [-0.1, -0.05) is 6.07 Å². The molecule has 0 aliphatic carbocycles. The van der Waals surface area contributed by atoms with E-state index in [9.17, 15) is 14.0 Å². The normalized spacial score (nSPS) is 9.80. The smallest absolute Gasteiger partial charge is 0.338 e. The van der Waals surface area contributed by atoms with Crippen molar-refractivity contribution in [3.63, 3.8) is 0 Å². The number of carbonyl (C=O) groups excluding carboxylic acids is 2. The number of nitrogens with one attached hydrogen (secondary N) is 1. The van der Waals surface area contributed by atoms with Gasteiger partial charge in [-0.15, -0.1) is 0 Å². The lowest BCUT2D eigenvalue weighted by Gasteiger charge is -2.08. The molecule has 0 unspecified atom stereocenters. The van der Waals surface area contributed by atoms with Crippen molar-refractivity contribution in [2.45, 2.75) is 13.0 Å². The fourth-order valence-electron chi connectivity index (χ4n) is 2.00. The molecule has 2 aromatic rings. The lowest BCUT2D eigenvalue weighted by atomic mass is 10.2. The summed E-state index contributed by atoms with van der Waals surface area (Å²) in [6, 6.07) is 12.1. The number of esters is 1. The Balaban J connectivity index is 1.93. The number of methoxy groups -OCH3 is 1. The highest BCUT2D eigenvalue weighted by atomic mass is 19.1. The van der Waals surface area contributed by atoms with Gasteiger partial charge in [-0.05, 0) is 42.0 Å². The number of ether oxygens (including phenoxy) is 2. The Hall–Kier alpha value is -3.40. The topological polar surface area (TPSA) is 88.4 Å². The van der Waals surface area contributed by atoms with E-state index in [2.05, 4.69) is 5.32 Å². The monoisotopic (exact) mass is 342 g/mol. The molecule has 2 rings (SSSR count). The van der Waals surface area contributed by atoms with Crippen molar-refractivity contribution in [3.05, 3.63) is 59.4 Å². The molecule has 1 N–H and O–H groups in total. The quantitative estimate of drug-likeness (QED) is 0.815. The summed E-state index contributed by atoms with van der Waals surface area (Å²) in [6.07, 6.45) is -0.248. The van der Waals surface area contributed by atoms with Crippen molar-refractivity contribution in [1.29, 1.82) is 5.26 Å². The van der Waals surface area contributed by atoms with Crippen molar-refractivity contribution in [3.8, 4) is 11.8 Å². The summed E-state index contributed by atoms with van der Waals surface area (Å²) >= 11 is 0. The molecule has 0 bridgehead atoms. The highest BCUT2D eigenvalue weighted by molar-refractivity contribution is 5.93. The summed E-state index contributed by atoms with van der Waals surface area (Å²) in [7, 11) is 1.37. The summed E-state index contributed by atoms with van der Waals surface area (Å²) in [5, 5.41) is 10.9. The third kappa shape index (κ3) is 5.04. The number of hydrogen-bond donors (Lipinski definition) is 1.